The van der Waals surface area contributed by atoms with Crippen molar-refractivity contribution in [3.63, 3.8) is 0 Å². The second-order valence-corrected chi connectivity index (χ2v) is 18.4. The predicted molar refractivity (Wildman–Crippen MR) is 129 cm³/mol. The summed E-state index contributed by atoms with van der Waals surface area (Å²) in [6.45, 7) is 19.3. The maximum atomic E-state index is 12.6. The molecule has 0 aliphatic heterocycles. The Balaban J connectivity index is 1.64. The Bertz CT molecular complexity index is 681. The minimum absolute atomic E-state index is 0.0314. The molecule has 4 saturated carbocycles. The summed E-state index contributed by atoms with van der Waals surface area (Å²) >= 11 is 0. The molecule has 0 amide bonds. The van der Waals surface area contributed by atoms with Gasteiger partial charge >= 0.3 is 0 Å². The lowest BCUT2D eigenvalue weighted by Gasteiger charge is -2.65. The van der Waals surface area contributed by atoms with Crippen LogP contribution in [-0.2, 0) is 9.22 Å². The molecular weight excluding hydrogens is 400 g/mol. The van der Waals surface area contributed by atoms with E-state index in [0.717, 1.165) is 25.7 Å². The van der Waals surface area contributed by atoms with Gasteiger partial charge in [-0.1, -0.05) is 55.4 Å². The van der Waals surface area contributed by atoms with Gasteiger partial charge in [-0.05, 0) is 78.3 Å². The minimum atomic E-state index is -1.91. The van der Waals surface area contributed by atoms with Crippen LogP contribution in [0, 0.1) is 34.5 Å². The third kappa shape index (κ3) is 3.06. The third-order valence-electron chi connectivity index (χ3n) is 11.3. The van der Waals surface area contributed by atoms with Crippen molar-refractivity contribution in [3.05, 3.63) is 0 Å². The molecule has 0 aromatic carbocycles. The zero-order valence-corrected chi connectivity index (χ0v) is 22.4. The largest absolute Gasteiger partial charge is 0.413 e. The van der Waals surface area contributed by atoms with Gasteiger partial charge in [0.1, 0.15) is 5.78 Å². The van der Waals surface area contributed by atoms with Gasteiger partial charge in [0.25, 0.3) is 0 Å². The van der Waals surface area contributed by atoms with E-state index >= 15 is 0 Å². The summed E-state index contributed by atoms with van der Waals surface area (Å²) in [5, 5.41) is 11.5. The van der Waals surface area contributed by atoms with Crippen LogP contribution >= 0.6 is 0 Å². The SMILES string of the molecule is CC(C)[Si](O[C@H]1CC[C@@]2(C)[C@@H](CC[C@@H]3C[C@H]4C(=O)CC[C@]32[C@@H]4O)[C@@H]1C)(C(C)C)C(C)C. The maximum Gasteiger partial charge on any atom is 0.200 e. The zero-order valence-electron chi connectivity index (χ0n) is 21.4. The Morgan fingerprint density at radius 1 is 1.00 bits per heavy atom. The number of aliphatic hydroxyl groups excluding tert-OH is 1. The van der Waals surface area contributed by atoms with Crippen molar-refractivity contribution < 1.29 is 14.3 Å². The van der Waals surface area contributed by atoms with Crippen LogP contribution in [0.25, 0.3) is 0 Å². The highest BCUT2D eigenvalue weighted by molar-refractivity contribution is 6.77. The Hall–Kier alpha value is -0.193. The standard InChI is InChI=1S/C27H48O3Si/c1-16(2)31(17(3)4,18(5)6)30-24-12-13-26(8)22(19(24)7)10-9-20-15-21-23(28)11-14-27(20,26)25(21)29/h16-22,24-25,29H,9-15H2,1-8H3/t19-,20+,21-,22-,24-,25+,26-,27+/m0/s1. The summed E-state index contributed by atoms with van der Waals surface area (Å²) in [6.07, 6.45) is 7.21. The molecule has 4 aliphatic rings. The molecule has 0 radical (unpaired) electrons. The van der Waals surface area contributed by atoms with Crippen LogP contribution in [0.5, 0.6) is 0 Å². The van der Waals surface area contributed by atoms with Crippen molar-refractivity contribution in [3.8, 4) is 0 Å². The third-order valence-corrected chi connectivity index (χ3v) is 17.4. The van der Waals surface area contributed by atoms with E-state index in [9.17, 15) is 9.90 Å². The molecule has 0 aromatic heterocycles. The second kappa shape index (κ2) is 7.94. The number of rotatable bonds is 5. The van der Waals surface area contributed by atoms with Gasteiger partial charge in [-0.15, -0.1) is 0 Å². The first-order valence-corrected chi connectivity index (χ1v) is 15.5. The highest BCUT2D eigenvalue weighted by Crippen LogP contribution is 2.72. The molecule has 4 heteroatoms. The molecule has 8 atom stereocenters. The Labute approximate surface area is 192 Å². The lowest BCUT2D eigenvalue weighted by Crippen LogP contribution is -2.63. The zero-order chi connectivity index (χ0) is 22.9. The topological polar surface area (TPSA) is 46.5 Å². The lowest BCUT2D eigenvalue weighted by molar-refractivity contribution is -0.197. The first-order valence-electron chi connectivity index (χ1n) is 13.3. The first-order chi connectivity index (χ1) is 14.4. The molecule has 1 spiro atoms. The van der Waals surface area contributed by atoms with Crippen LogP contribution in [-0.4, -0.2) is 31.4 Å². The summed E-state index contributed by atoms with van der Waals surface area (Å²) < 4.78 is 7.35. The van der Waals surface area contributed by atoms with E-state index in [1.54, 1.807) is 0 Å². The number of ketones is 1. The van der Waals surface area contributed by atoms with Crippen LogP contribution < -0.4 is 0 Å². The van der Waals surface area contributed by atoms with Gasteiger partial charge in [-0.25, -0.2) is 0 Å². The van der Waals surface area contributed by atoms with Crippen LogP contribution in [0.15, 0.2) is 0 Å². The smallest absolute Gasteiger partial charge is 0.200 e. The minimum Gasteiger partial charge on any atom is -0.413 e. The number of aliphatic hydroxyl groups is 1. The van der Waals surface area contributed by atoms with Gasteiger partial charge in [0.15, 0.2) is 0 Å². The quantitative estimate of drug-likeness (QED) is 0.474. The molecule has 178 valence electrons. The van der Waals surface area contributed by atoms with E-state index in [-0.39, 0.29) is 16.7 Å². The molecule has 4 fully saturated rings. The second-order valence-electron chi connectivity index (χ2n) is 13.0. The van der Waals surface area contributed by atoms with Crippen molar-refractivity contribution >= 4 is 14.1 Å². The molecular formula is C27H48O3Si. The van der Waals surface area contributed by atoms with Crippen LogP contribution in [0.1, 0.15) is 100 Å². The maximum absolute atomic E-state index is 12.6. The summed E-state index contributed by atoms with van der Waals surface area (Å²) in [5.41, 5.74) is 1.95. The number of fused-ring (bicyclic) bond motifs is 2. The summed E-state index contributed by atoms with van der Waals surface area (Å²) in [5.74, 6) is 1.92. The fraction of sp³-hybridized carbons (Fsp3) is 0.963. The number of carbonyl (C=O) groups excluding carboxylic acids is 1. The van der Waals surface area contributed by atoms with Crippen LogP contribution in [0.4, 0.5) is 0 Å². The van der Waals surface area contributed by atoms with E-state index in [0.29, 0.717) is 52.7 Å². The summed E-state index contributed by atoms with van der Waals surface area (Å²) in [7, 11) is -1.91. The van der Waals surface area contributed by atoms with Crippen molar-refractivity contribution in [2.24, 2.45) is 34.5 Å². The van der Waals surface area contributed by atoms with Crippen molar-refractivity contribution in [2.75, 3.05) is 0 Å². The monoisotopic (exact) mass is 448 g/mol. The highest BCUT2D eigenvalue weighted by atomic mass is 28.4. The average molecular weight is 449 g/mol. The highest BCUT2D eigenvalue weighted by Gasteiger charge is 2.70. The summed E-state index contributed by atoms with van der Waals surface area (Å²) in [4.78, 5) is 12.6. The van der Waals surface area contributed by atoms with Gasteiger partial charge in [0.2, 0.25) is 8.32 Å². The predicted octanol–water partition coefficient (Wildman–Crippen LogP) is 6.74. The molecule has 0 saturated heterocycles. The number of hydrogen-bond acceptors (Lipinski definition) is 3. The molecule has 2 bridgehead atoms. The number of Topliss-reactive ketones (excluding diaryl/α,β-unsaturated/α-hetero) is 1. The van der Waals surface area contributed by atoms with E-state index in [4.69, 9.17) is 4.43 Å². The number of carbonyl (C=O) groups is 1. The van der Waals surface area contributed by atoms with Crippen molar-refractivity contribution in [1.82, 2.24) is 0 Å². The van der Waals surface area contributed by atoms with E-state index in [2.05, 4.69) is 55.4 Å². The first kappa shape index (κ1) is 23.9. The average Bonchev–Trinajstić information content (AvgIpc) is 2.88. The van der Waals surface area contributed by atoms with Gasteiger partial charge in [0, 0.05) is 23.9 Å². The fourth-order valence-corrected chi connectivity index (χ4v) is 15.7. The lowest BCUT2D eigenvalue weighted by atomic mass is 9.41. The normalized spacial score (nSPS) is 45.4. The van der Waals surface area contributed by atoms with Crippen molar-refractivity contribution in [2.45, 2.75) is 129 Å². The van der Waals surface area contributed by atoms with E-state index in [1.165, 1.54) is 12.8 Å². The molecule has 0 heterocycles. The molecule has 4 aliphatic carbocycles. The molecule has 1 N–H and O–H groups in total. The summed E-state index contributed by atoms with van der Waals surface area (Å²) in [6, 6.07) is 0. The molecule has 4 rings (SSSR count). The Morgan fingerprint density at radius 2 is 1.61 bits per heavy atom. The van der Waals surface area contributed by atoms with E-state index in [1.807, 2.05) is 0 Å². The molecule has 31 heavy (non-hydrogen) atoms. The molecule has 0 aromatic rings. The van der Waals surface area contributed by atoms with Crippen molar-refractivity contribution in [1.29, 1.82) is 0 Å². The molecule has 3 nitrogen and oxygen atoms in total. The van der Waals surface area contributed by atoms with E-state index < -0.39 is 14.4 Å². The fourth-order valence-electron chi connectivity index (χ4n) is 9.99. The van der Waals surface area contributed by atoms with Gasteiger partial charge < -0.3 is 9.53 Å². The molecule has 0 unspecified atom stereocenters. The number of hydrogen-bond donors (Lipinski definition) is 1. The Kier molecular flexibility index (Phi) is 6.14. The van der Waals surface area contributed by atoms with Crippen LogP contribution in [0.2, 0.25) is 16.6 Å². The van der Waals surface area contributed by atoms with Gasteiger partial charge in [0.05, 0.1) is 6.10 Å². The van der Waals surface area contributed by atoms with Gasteiger partial charge in [-0.3, -0.25) is 4.79 Å². The van der Waals surface area contributed by atoms with Crippen LogP contribution in [0.3, 0.4) is 0 Å². The van der Waals surface area contributed by atoms with Gasteiger partial charge in [-0.2, -0.15) is 0 Å². The Morgan fingerprint density at radius 3 is 2.19 bits per heavy atom.